The van der Waals surface area contributed by atoms with Crippen LogP contribution in [0.1, 0.15) is 34.5 Å². The maximum atomic E-state index is 12.9. The summed E-state index contributed by atoms with van der Waals surface area (Å²) >= 11 is 5.91. The molecule has 1 saturated heterocycles. The van der Waals surface area contributed by atoms with Crippen molar-refractivity contribution in [2.75, 3.05) is 26.3 Å². The van der Waals surface area contributed by atoms with Gasteiger partial charge in [-0.2, -0.15) is 4.31 Å². The summed E-state index contributed by atoms with van der Waals surface area (Å²) in [4.78, 5) is 12.9. The van der Waals surface area contributed by atoms with Crippen molar-refractivity contribution >= 4 is 27.5 Å². The molecule has 1 N–H and O–H groups in total. The highest BCUT2D eigenvalue weighted by atomic mass is 35.5. The van der Waals surface area contributed by atoms with Gasteiger partial charge in [-0.15, -0.1) is 0 Å². The zero-order valence-electron chi connectivity index (χ0n) is 15.8. The monoisotopic (exact) mass is 422 g/mol. The first-order chi connectivity index (χ1) is 13.3. The SMILES string of the molecule is Cc1ccc(S(=O)(=O)N2CCOCC2)cc1C(=O)NC(C)c1ccc(Cl)cc1. The van der Waals surface area contributed by atoms with Crippen molar-refractivity contribution in [3.63, 3.8) is 0 Å². The lowest BCUT2D eigenvalue weighted by Crippen LogP contribution is -2.40. The summed E-state index contributed by atoms with van der Waals surface area (Å²) in [5, 5.41) is 3.54. The summed E-state index contributed by atoms with van der Waals surface area (Å²) in [6.07, 6.45) is 0. The van der Waals surface area contributed by atoms with E-state index >= 15 is 0 Å². The lowest BCUT2D eigenvalue weighted by Gasteiger charge is -2.26. The van der Waals surface area contributed by atoms with Crippen LogP contribution in [0.3, 0.4) is 0 Å². The number of hydrogen-bond donors (Lipinski definition) is 1. The Morgan fingerprint density at radius 3 is 2.43 bits per heavy atom. The molecule has 28 heavy (non-hydrogen) atoms. The molecule has 1 fully saturated rings. The number of nitrogens with one attached hydrogen (secondary N) is 1. The number of sulfonamides is 1. The first-order valence-electron chi connectivity index (χ1n) is 9.04. The van der Waals surface area contributed by atoms with E-state index in [1.54, 1.807) is 31.2 Å². The molecule has 2 aromatic rings. The summed E-state index contributed by atoms with van der Waals surface area (Å²) in [5.41, 5.74) is 1.96. The Morgan fingerprint density at radius 1 is 1.14 bits per heavy atom. The van der Waals surface area contributed by atoms with Crippen molar-refractivity contribution in [3.05, 3.63) is 64.2 Å². The van der Waals surface area contributed by atoms with Crippen LogP contribution in [0, 0.1) is 6.92 Å². The van der Waals surface area contributed by atoms with Crippen LogP contribution in [0.2, 0.25) is 5.02 Å². The Balaban J connectivity index is 1.82. The van der Waals surface area contributed by atoms with E-state index in [2.05, 4.69) is 5.32 Å². The van der Waals surface area contributed by atoms with Gasteiger partial charge in [0.15, 0.2) is 0 Å². The van der Waals surface area contributed by atoms with Crippen LogP contribution in [-0.2, 0) is 14.8 Å². The van der Waals surface area contributed by atoms with Crippen LogP contribution in [0.4, 0.5) is 0 Å². The zero-order valence-corrected chi connectivity index (χ0v) is 17.4. The number of nitrogens with zero attached hydrogens (tertiary/aromatic N) is 1. The summed E-state index contributed by atoms with van der Waals surface area (Å²) < 4.78 is 32.4. The minimum atomic E-state index is -3.66. The lowest BCUT2D eigenvalue weighted by atomic mass is 10.1. The molecule has 0 aromatic heterocycles. The van der Waals surface area contributed by atoms with Gasteiger partial charge in [0, 0.05) is 23.7 Å². The molecular formula is C20H23ClN2O4S. The van der Waals surface area contributed by atoms with E-state index in [1.807, 2.05) is 19.1 Å². The fourth-order valence-electron chi connectivity index (χ4n) is 3.05. The Morgan fingerprint density at radius 2 is 1.79 bits per heavy atom. The van der Waals surface area contributed by atoms with Gasteiger partial charge in [0.05, 0.1) is 24.2 Å². The van der Waals surface area contributed by atoms with Gasteiger partial charge in [0.25, 0.3) is 5.91 Å². The fraction of sp³-hybridized carbons (Fsp3) is 0.350. The minimum absolute atomic E-state index is 0.115. The molecule has 1 aliphatic rings. The topological polar surface area (TPSA) is 75.7 Å². The van der Waals surface area contributed by atoms with Crippen LogP contribution >= 0.6 is 11.6 Å². The number of rotatable bonds is 5. The Kier molecular flexibility index (Phi) is 6.40. The summed E-state index contributed by atoms with van der Waals surface area (Å²) in [6.45, 7) is 5.02. The predicted octanol–water partition coefficient (Wildman–Crippen LogP) is 3.16. The van der Waals surface area contributed by atoms with Gasteiger partial charge >= 0.3 is 0 Å². The number of morpholine rings is 1. The van der Waals surface area contributed by atoms with Gasteiger partial charge in [-0.25, -0.2) is 8.42 Å². The molecule has 1 aliphatic heterocycles. The molecule has 0 aliphatic carbocycles. The molecule has 6 nitrogen and oxygen atoms in total. The summed E-state index contributed by atoms with van der Waals surface area (Å²) in [5.74, 6) is -0.320. The van der Waals surface area contributed by atoms with E-state index < -0.39 is 10.0 Å². The number of halogens is 1. The van der Waals surface area contributed by atoms with Crippen molar-refractivity contribution in [3.8, 4) is 0 Å². The zero-order chi connectivity index (χ0) is 20.3. The number of benzene rings is 2. The van der Waals surface area contributed by atoms with E-state index in [1.165, 1.54) is 10.4 Å². The van der Waals surface area contributed by atoms with E-state index in [4.69, 9.17) is 16.3 Å². The Bertz CT molecular complexity index is 955. The standard InChI is InChI=1S/C20H23ClN2O4S/c1-14-3-8-18(28(25,26)23-9-11-27-12-10-23)13-19(14)20(24)22-15(2)16-4-6-17(21)7-5-16/h3-8,13,15H,9-12H2,1-2H3,(H,22,24). The first-order valence-corrected chi connectivity index (χ1v) is 10.9. The van der Waals surface area contributed by atoms with Gasteiger partial charge in [0.2, 0.25) is 10.0 Å². The molecular weight excluding hydrogens is 400 g/mol. The molecule has 1 heterocycles. The second kappa shape index (κ2) is 8.61. The number of carbonyl (C=O) groups is 1. The van der Waals surface area contributed by atoms with Crippen LogP contribution in [0.25, 0.3) is 0 Å². The molecule has 0 saturated carbocycles. The Labute approximate surface area is 170 Å². The second-order valence-corrected chi connectivity index (χ2v) is 9.11. The summed E-state index contributed by atoms with van der Waals surface area (Å²) in [6, 6.07) is 11.6. The third-order valence-corrected chi connectivity index (χ3v) is 6.93. The van der Waals surface area contributed by atoms with Crippen molar-refractivity contribution in [2.45, 2.75) is 24.8 Å². The van der Waals surface area contributed by atoms with Gasteiger partial charge in [0.1, 0.15) is 0 Å². The molecule has 0 spiro atoms. The molecule has 0 radical (unpaired) electrons. The molecule has 1 atom stereocenters. The highest BCUT2D eigenvalue weighted by molar-refractivity contribution is 7.89. The van der Waals surface area contributed by atoms with Crippen LogP contribution in [0.15, 0.2) is 47.4 Å². The molecule has 8 heteroatoms. The van der Waals surface area contributed by atoms with E-state index in [9.17, 15) is 13.2 Å². The highest BCUT2D eigenvalue weighted by Gasteiger charge is 2.27. The maximum absolute atomic E-state index is 12.9. The second-order valence-electron chi connectivity index (χ2n) is 6.74. The molecule has 0 bridgehead atoms. The lowest BCUT2D eigenvalue weighted by molar-refractivity contribution is 0.0730. The van der Waals surface area contributed by atoms with Gasteiger partial charge in [-0.3, -0.25) is 4.79 Å². The van der Waals surface area contributed by atoms with Crippen molar-refractivity contribution in [1.29, 1.82) is 0 Å². The predicted molar refractivity (Wildman–Crippen MR) is 108 cm³/mol. The third-order valence-electron chi connectivity index (χ3n) is 4.78. The average Bonchev–Trinajstić information content (AvgIpc) is 2.69. The smallest absolute Gasteiger partial charge is 0.252 e. The third kappa shape index (κ3) is 4.55. The number of amides is 1. The fourth-order valence-corrected chi connectivity index (χ4v) is 4.61. The highest BCUT2D eigenvalue weighted by Crippen LogP contribution is 2.22. The van der Waals surface area contributed by atoms with Crippen LogP contribution in [-0.4, -0.2) is 44.9 Å². The van der Waals surface area contributed by atoms with Crippen molar-refractivity contribution in [2.24, 2.45) is 0 Å². The summed E-state index contributed by atoms with van der Waals surface area (Å²) in [7, 11) is -3.66. The molecule has 150 valence electrons. The molecule has 2 aromatic carbocycles. The molecule has 1 unspecified atom stereocenters. The quantitative estimate of drug-likeness (QED) is 0.803. The number of ether oxygens (including phenoxy) is 1. The number of aryl methyl sites for hydroxylation is 1. The molecule has 1 amide bonds. The largest absolute Gasteiger partial charge is 0.379 e. The minimum Gasteiger partial charge on any atom is -0.379 e. The molecule has 3 rings (SSSR count). The first kappa shape index (κ1) is 20.8. The van der Waals surface area contributed by atoms with E-state index in [0.29, 0.717) is 42.5 Å². The normalized spacial score (nSPS) is 16.5. The van der Waals surface area contributed by atoms with E-state index in [-0.39, 0.29) is 16.8 Å². The number of hydrogen-bond acceptors (Lipinski definition) is 4. The average molecular weight is 423 g/mol. The van der Waals surface area contributed by atoms with E-state index in [0.717, 1.165) is 5.56 Å². The maximum Gasteiger partial charge on any atom is 0.252 e. The van der Waals surface area contributed by atoms with Crippen LogP contribution in [0.5, 0.6) is 0 Å². The Hall–Kier alpha value is -1.93. The van der Waals surface area contributed by atoms with Crippen molar-refractivity contribution < 1.29 is 17.9 Å². The number of carbonyl (C=O) groups excluding carboxylic acids is 1. The van der Waals surface area contributed by atoms with Crippen molar-refractivity contribution in [1.82, 2.24) is 9.62 Å². The van der Waals surface area contributed by atoms with Gasteiger partial charge < -0.3 is 10.1 Å². The van der Waals surface area contributed by atoms with Crippen LogP contribution < -0.4 is 5.32 Å². The van der Waals surface area contributed by atoms with Gasteiger partial charge in [-0.1, -0.05) is 29.8 Å². The van der Waals surface area contributed by atoms with Gasteiger partial charge in [-0.05, 0) is 49.2 Å².